The molecule has 1 aliphatic rings. The maximum atomic E-state index is 10.3. The second-order valence-corrected chi connectivity index (χ2v) is 5.23. The standard InChI is InChI=1S/C15H22O3/c1-10-12(8-16)7-13(9-17)15(18)14(10)11-5-3-2-4-6-11/h7,11,16-18H,2-6,8-9H2,1H3. The van der Waals surface area contributed by atoms with Crippen LogP contribution in [-0.2, 0) is 13.2 Å². The molecule has 100 valence electrons. The Morgan fingerprint density at radius 1 is 1.06 bits per heavy atom. The molecule has 0 unspecified atom stereocenters. The fraction of sp³-hybridized carbons (Fsp3) is 0.600. The summed E-state index contributed by atoms with van der Waals surface area (Å²) in [7, 11) is 0. The maximum absolute atomic E-state index is 10.3. The average Bonchev–Trinajstić information content (AvgIpc) is 2.40. The van der Waals surface area contributed by atoms with Crippen LogP contribution >= 0.6 is 0 Å². The van der Waals surface area contributed by atoms with Gasteiger partial charge in [0.1, 0.15) is 5.75 Å². The Hall–Kier alpha value is -1.06. The number of rotatable bonds is 3. The van der Waals surface area contributed by atoms with Gasteiger partial charge in [0.15, 0.2) is 0 Å². The van der Waals surface area contributed by atoms with Crippen molar-refractivity contribution in [1.29, 1.82) is 0 Å². The number of aromatic hydroxyl groups is 1. The van der Waals surface area contributed by atoms with Crippen molar-refractivity contribution in [3.63, 3.8) is 0 Å². The van der Waals surface area contributed by atoms with Gasteiger partial charge in [-0.15, -0.1) is 0 Å². The lowest BCUT2D eigenvalue weighted by Crippen LogP contribution is -2.09. The molecule has 0 spiro atoms. The van der Waals surface area contributed by atoms with E-state index in [0.717, 1.165) is 29.5 Å². The molecule has 3 nitrogen and oxygen atoms in total. The van der Waals surface area contributed by atoms with Gasteiger partial charge >= 0.3 is 0 Å². The molecule has 1 fully saturated rings. The van der Waals surface area contributed by atoms with Gasteiger partial charge in [-0.25, -0.2) is 0 Å². The molecule has 2 rings (SSSR count). The number of hydrogen-bond donors (Lipinski definition) is 3. The van der Waals surface area contributed by atoms with Crippen molar-refractivity contribution in [3.8, 4) is 5.75 Å². The van der Waals surface area contributed by atoms with E-state index in [1.165, 1.54) is 19.3 Å². The maximum Gasteiger partial charge on any atom is 0.124 e. The Balaban J connectivity index is 2.48. The van der Waals surface area contributed by atoms with E-state index in [2.05, 4.69) is 0 Å². The van der Waals surface area contributed by atoms with Gasteiger partial charge in [0.05, 0.1) is 13.2 Å². The van der Waals surface area contributed by atoms with E-state index in [0.29, 0.717) is 11.5 Å². The molecule has 0 aromatic heterocycles. The van der Waals surface area contributed by atoms with E-state index in [1.807, 2.05) is 6.92 Å². The van der Waals surface area contributed by atoms with Gasteiger partial charge in [0.2, 0.25) is 0 Å². The van der Waals surface area contributed by atoms with Crippen molar-refractivity contribution < 1.29 is 15.3 Å². The minimum Gasteiger partial charge on any atom is -0.507 e. The van der Waals surface area contributed by atoms with Crippen molar-refractivity contribution in [3.05, 3.63) is 28.3 Å². The quantitative estimate of drug-likeness (QED) is 0.773. The third-order valence-corrected chi connectivity index (χ3v) is 4.15. The van der Waals surface area contributed by atoms with Crippen LogP contribution in [0.5, 0.6) is 5.75 Å². The molecule has 1 aromatic rings. The van der Waals surface area contributed by atoms with Crippen molar-refractivity contribution in [1.82, 2.24) is 0 Å². The summed E-state index contributed by atoms with van der Waals surface area (Å²) in [5.41, 5.74) is 3.28. The first-order valence-electron chi connectivity index (χ1n) is 6.75. The summed E-state index contributed by atoms with van der Waals surface area (Å²) in [6, 6.07) is 1.71. The lowest BCUT2D eigenvalue weighted by atomic mass is 9.80. The van der Waals surface area contributed by atoms with Crippen LogP contribution in [0.4, 0.5) is 0 Å². The topological polar surface area (TPSA) is 60.7 Å². The van der Waals surface area contributed by atoms with Crippen LogP contribution in [0.1, 0.15) is 60.3 Å². The number of phenols is 1. The second-order valence-electron chi connectivity index (χ2n) is 5.23. The first-order valence-corrected chi connectivity index (χ1v) is 6.75. The zero-order valence-electron chi connectivity index (χ0n) is 10.9. The third-order valence-electron chi connectivity index (χ3n) is 4.15. The molecule has 0 bridgehead atoms. The molecule has 0 amide bonds. The monoisotopic (exact) mass is 250 g/mol. The fourth-order valence-corrected chi connectivity index (χ4v) is 3.09. The highest BCUT2D eigenvalue weighted by Gasteiger charge is 2.23. The number of benzene rings is 1. The second kappa shape index (κ2) is 5.72. The molecule has 1 aliphatic carbocycles. The molecule has 3 N–H and O–H groups in total. The van der Waals surface area contributed by atoms with Crippen molar-refractivity contribution in [2.75, 3.05) is 0 Å². The van der Waals surface area contributed by atoms with Crippen LogP contribution in [0.25, 0.3) is 0 Å². The van der Waals surface area contributed by atoms with Gasteiger partial charge in [0, 0.05) is 11.1 Å². The SMILES string of the molecule is Cc1c(CO)cc(CO)c(O)c1C1CCCCC1. The predicted molar refractivity (Wildman–Crippen MR) is 70.5 cm³/mol. The van der Waals surface area contributed by atoms with Gasteiger partial charge in [-0.05, 0) is 42.9 Å². The third kappa shape index (κ3) is 2.38. The smallest absolute Gasteiger partial charge is 0.124 e. The highest BCUT2D eigenvalue weighted by Crippen LogP contribution is 2.41. The molecule has 0 radical (unpaired) electrons. The normalized spacial score (nSPS) is 17.1. The molecule has 18 heavy (non-hydrogen) atoms. The van der Waals surface area contributed by atoms with E-state index >= 15 is 0 Å². The van der Waals surface area contributed by atoms with Gasteiger partial charge in [-0.3, -0.25) is 0 Å². The summed E-state index contributed by atoms with van der Waals surface area (Å²) in [6.07, 6.45) is 5.84. The van der Waals surface area contributed by atoms with Crippen molar-refractivity contribution >= 4 is 0 Å². The molecule has 0 saturated heterocycles. The minimum atomic E-state index is -0.182. The van der Waals surface area contributed by atoms with Crippen LogP contribution in [-0.4, -0.2) is 15.3 Å². The first kappa shape index (κ1) is 13.4. The summed E-state index contributed by atoms with van der Waals surface area (Å²) in [5.74, 6) is 0.606. The van der Waals surface area contributed by atoms with Crippen molar-refractivity contribution in [2.24, 2.45) is 0 Å². The first-order chi connectivity index (χ1) is 8.69. The number of aliphatic hydroxyl groups is 2. The highest BCUT2D eigenvalue weighted by atomic mass is 16.3. The van der Waals surface area contributed by atoms with Crippen LogP contribution < -0.4 is 0 Å². The summed E-state index contributed by atoms with van der Waals surface area (Å²) in [6.45, 7) is 1.73. The molecule has 1 aromatic carbocycles. The average molecular weight is 250 g/mol. The lowest BCUT2D eigenvalue weighted by Gasteiger charge is -2.26. The summed E-state index contributed by atoms with van der Waals surface area (Å²) < 4.78 is 0. The van der Waals surface area contributed by atoms with Crippen LogP contribution in [0, 0.1) is 6.92 Å². The van der Waals surface area contributed by atoms with Gasteiger partial charge in [-0.1, -0.05) is 19.3 Å². The summed E-state index contributed by atoms with van der Waals surface area (Å²) >= 11 is 0. The molecule has 3 heteroatoms. The fourth-order valence-electron chi connectivity index (χ4n) is 3.09. The van der Waals surface area contributed by atoms with E-state index in [4.69, 9.17) is 0 Å². The molecule has 0 atom stereocenters. The Kier molecular flexibility index (Phi) is 4.25. The van der Waals surface area contributed by atoms with Gasteiger partial charge in [-0.2, -0.15) is 0 Å². The van der Waals surface area contributed by atoms with Crippen LogP contribution in [0.15, 0.2) is 6.07 Å². The van der Waals surface area contributed by atoms with E-state index in [-0.39, 0.29) is 19.0 Å². The highest BCUT2D eigenvalue weighted by molar-refractivity contribution is 5.51. The van der Waals surface area contributed by atoms with E-state index in [1.54, 1.807) is 6.07 Å². The van der Waals surface area contributed by atoms with E-state index in [9.17, 15) is 15.3 Å². The largest absolute Gasteiger partial charge is 0.507 e. The minimum absolute atomic E-state index is 0.0428. The molecular formula is C15H22O3. The van der Waals surface area contributed by atoms with E-state index < -0.39 is 0 Å². The molecule has 0 heterocycles. The molecular weight excluding hydrogens is 228 g/mol. The summed E-state index contributed by atoms with van der Waals surface area (Å²) in [5, 5.41) is 29.0. The Morgan fingerprint density at radius 2 is 1.67 bits per heavy atom. The van der Waals surface area contributed by atoms with Gasteiger partial charge in [0.25, 0.3) is 0 Å². The number of hydrogen-bond acceptors (Lipinski definition) is 3. The summed E-state index contributed by atoms with van der Waals surface area (Å²) in [4.78, 5) is 0. The molecule has 1 saturated carbocycles. The van der Waals surface area contributed by atoms with Gasteiger partial charge < -0.3 is 15.3 Å². The number of aliphatic hydroxyl groups excluding tert-OH is 2. The Morgan fingerprint density at radius 3 is 2.22 bits per heavy atom. The zero-order chi connectivity index (χ0) is 13.1. The Labute approximate surface area is 108 Å². The lowest BCUT2D eigenvalue weighted by molar-refractivity contribution is 0.268. The van der Waals surface area contributed by atoms with Crippen LogP contribution in [0.2, 0.25) is 0 Å². The van der Waals surface area contributed by atoms with Crippen molar-refractivity contribution in [2.45, 2.75) is 58.2 Å². The molecule has 0 aliphatic heterocycles. The zero-order valence-corrected chi connectivity index (χ0v) is 10.9. The predicted octanol–water partition coefficient (Wildman–Crippen LogP) is 2.73. The Bertz CT molecular complexity index is 392. The van der Waals surface area contributed by atoms with Crippen LogP contribution in [0.3, 0.4) is 0 Å².